The van der Waals surface area contributed by atoms with Gasteiger partial charge in [-0.05, 0) is 42.3 Å². The van der Waals surface area contributed by atoms with Gasteiger partial charge in [-0.2, -0.15) is 5.10 Å². The van der Waals surface area contributed by atoms with Gasteiger partial charge in [-0.3, -0.25) is 4.79 Å². The molecule has 1 amide bonds. The Labute approximate surface area is 145 Å². The molecule has 2 heterocycles. The van der Waals surface area contributed by atoms with E-state index < -0.39 is 0 Å². The summed E-state index contributed by atoms with van der Waals surface area (Å²) in [6.07, 6.45) is 5.51. The summed E-state index contributed by atoms with van der Waals surface area (Å²) in [4.78, 5) is 16.2. The third kappa shape index (κ3) is 4.00. The molecule has 3 rings (SSSR count). The van der Waals surface area contributed by atoms with Crippen LogP contribution in [-0.2, 0) is 11.2 Å². The van der Waals surface area contributed by atoms with Gasteiger partial charge >= 0.3 is 0 Å². The van der Waals surface area contributed by atoms with Crippen LogP contribution in [0.4, 0.5) is 0 Å². The molecule has 3 aromatic rings. The van der Waals surface area contributed by atoms with Crippen molar-refractivity contribution in [3.05, 3.63) is 77.3 Å². The standard InChI is InChI=1S/C18H17ClN4O/c1-13(22-18(24)10-14-6-7-17(19)20-12-14)15-4-2-5-16(11-15)23-9-3-8-21-23/h2-9,11-13H,10H2,1H3,(H,22,24). The summed E-state index contributed by atoms with van der Waals surface area (Å²) in [5.74, 6) is -0.0592. The van der Waals surface area contributed by atoms with E-state index in [-0.39, 0.29) is 18.4 Å². The van der Waals surface area contributed by atoms with Gasteiger partial charge in [0.1, 0.15) is 5.15 Å². The van der Waals surface area contributed by atoms with Crippen molar-refractivity contribution < 1.29 is 4.79 Å². The minimum atomic E-state index is -0.103. The molecule has 1 N–H and O–H groups in total. The van der Waals surface area contributed by atoms with Crippen LogP contribution in [0.1, 0.15) is 24.1 Å². The van der Waals surface area contributed by atoms with Crippen LogP contribution in [0.2, 0.25) is 5.15 Å². The fourth-order valence-corrected chi connectivity index (χ4v) is 2.54. The lowest BCUT2D eigenvalue weighted by Gasteiger charge is -2.15. The third-order valence-corrected chi connectivity index (χ3v) is 3.89. The summed E-state index contributed by atoms with van der Waals surface area (Å²) in [6.45, 7) is 1.96. The molecule has 6 heteroatoms. The molecule has 5 nitrogen and oxygen atoms in total. The maximum absolute atomic E-state index is 12.2. The molecule has 0 radical (unpaired) electrons. The average Bonchev–Trinajstić information content (AvgIpc) is 3.11. The van der Waals surface area contributed by atoms with Crippen LogP contribution in [0.3, 0.4) is 0 Å². The molecule has 0 aliphatic heterocycles. The predicted molar refractivity (Wildman–Crippen MR) is 93.1 cm³/mol. The van der Waals surface area contributed by atoms with Gasteiger partial charge in [-0.15, -0.1) is 0 Å². The Balaban J connectivity index is 1.66. The first-order valence-corrected chi connectivity index (χ1v) is 7.99. The van der Waals surface area contributed by atoms with E-state index in [0.717, 1.165) is 16.8 Å². The second kappa shape index (κ2) is 7.27. The molecule has 1 atom stereocenters. The number of carbonyl (C=O) groups is 1. The third-order valence-electron chi connectivity index (χ3n) is 3.67. The summed E-state index contributed by atoms with van der Waals surface area (Å²) in [5.41, 5.74) is 2.81. The number of aromatic nitrogens is 3. The van der Waals surface area contributed by atoms with E-state index in [1.54, 1.807) is 29.2 Å². The molecular formula is C18H17ClN4O. The van der Waals surface area contributed by atoms with Crippen LogP contribution < -0.4 is 5.32 Å². The van der Waals surface area contributed by atoms with Gasteiger partial charge < -0.3 is 5.32 Å². The van der Waals surface area contributed by atoms with Crippen molar-refractivity contribution in [1.82, 2.24) is 20.1 Å². The highest BCUT2D eigenvalue weighted by Gasteiger charge is 2.11. The number of nitrogens with zero attached hydrogens (tertiary/aromatic N) is 3. The number of amides is 1. The lowest BCUT2D eigenvalue weighted by molar-refractivity contribution is -0.121. The monoisotopic (exact) mass is 340 g/mol. The molecule has 0 aliphatic carbocycles. The number of halogens is 1. The first-order chi connectivity index (χ1) is 11.6. The van der Waals surface area contributed by atoms with Crippen LogP contribution in [0.5, 0.6) is 0 Å². The van der Waals surface area contributed by atoms with Gasteiger partial charge in [0, 0.05) is 18.6 Å². The Bertz CT molecular complexity index is 815. The largest absolute Gasteiger partial charge is 0.349 e. The molecule has 0 aliphatic rings. The van der Waals surface area contributed by atoms with Gasteiger partial charge in [0.05, 0.1) is 18.2 Å². The zero-order valence-corrected chi connectivity index (χ0v) is 13.9. The highest BCUT2D eigenvalue weighted by Crippen LogP contribution is 2.17. The number of benzene rings is 1. The lowest BCUT2D eigenvalue weighted by atomic mass is 10.1. The molecule has 1 aromatic carbocycles. The molecule has 0 saturated carbocycles. The van der Waals surface area contributed by atoms with Crippen molar-refractivity contribution in [2.45, 2.75) is 19.4 Å². The number of rotatable bonds is 5. The molecule has 0 bridgehead atoms. The fourth-order valence-electron chi connectivity index (χ4n) is 2.43. The Morgan fingerprint density at radius 2 is 2.17 bits per heavy atom. The van der Waals surface area contributed by atoms with E-state index in [1.165, 1.54) is 0 Å². The number of hydrogen-bond acceptors (Lipinski definition) is 3. The van der Waals surface area contributed by atoms with Crippen LogP contribution in [-0.4, -0.2) is 20.7 Å². The number of hydrogen-bond donors (Lipinski definition) is 1. The van der Waals surface area contributed by atoms with Crippen molar-refractivity contribution in [2.24, 2.45) is 0 Å². The highest BCUT2D eigenvalue weighted by atomic mass is 35.5. The summed E-state index contributed by atoms with van der Waals surface area (Å²) in [7, 11) is 0. The number of carbonyl (C=O) groups excluding carboxylic acids is 1. The van der Waals surface area contributed by atoms with E-state index in [4.69, 9.17) is 11.6 Å². The van der Waals surface area contributed by atoms with Gasteiger partial charge in [0.25, 0.3) is 0 Å². The first kappa shape index (κ1) is 16.2. The fraction of sp³-hybridized carbons (Fsp3) is 0.167. The zero-order valence-electron chi connectivity index (χ0n) is 13.2. The smallest absolute Gasteiger partial charge is 0.224 e. The zero-order chi connectivity index (χ0) is 16.9. The molecule has 122 valence electrons. The Hall–Kier alpha value is -2.66. The maximum Gasteiger partial charge on any atom is 0.224 e. The maximum atomic E-state index is 12.2. The first-order valence-electron chi connectivity index (χ1n) is 7.61. The second-order valence-corrected chi connectivity index (χ2v) is 5.89. The van der Waals surface area contributed by atoms with Gasteiger partial charge in [-0.1, -0.05) is 29.8 Å². The SMILES string of the molecule is CC(NC(=O)Cc1ccc(Cl)nc1)c1cccc(-n2cccn2)c1. The molecular weight excluding hydrogens is 324 g/mol. The Kier molecular flexibility index (Phi) is 4.91. The van der Waals surface area contributed by atoms with Crippen molar-refractivity contribution in [3.8, 4) is 5.69 Å². The molecule has 0 spiro atoms. The van der Waals surface area contributed by atoms with Crippen molar-refractivity contribution >= 4 is 17.5 Å². The quantitative estimate of drug-likeness (QED) is 0.725. The minimum absolute atomic E-state index is 0.0592. The van der Waals surface area contributed by atoms with E-state index >= 15 is 0 Å². The molecule has 0 fully saturated rings. The minimum Gasteiger partial charge on any atom is -0.349 e. The Morgan fingerprint density at radius 3 is 2.88 bits per heavy atom. The van der Waals surface area contributed by atoms with Crippen LogP contribution in [0.15, 0.2) is 61.1 Å². The summed E-state index contributed by atoms with van der Waals surface area (Å²) in [6, 6.07) is 13.2. The van der Waals surface area contributed by atoms with Crippen LogP contribution in [0.25, 0.3) is 5.69 Å². The highest BCUT2D eigenvalue weighted by molar-refractivity contribution is 6.29. The van der Waals surface area contributed by atoms with Crippen molar-refractivity contribution in [1.29, 1.82) is 0 Å². The van der Waals surface area contributed by atoms with Gasteiger partial charge in [0.2, 0.25) is 5.91 Å². The van der Waals surface area contributed by atoms with E-state index in [2.05, 4.69) is 15.4 Å². The normalized spacial score (nSPS) is 11.9. The number of nitrogens with one attached hydrogen (secondary N) is 1. The van der Waals surface area contributed by atoms with Crippen molar-refractivity contribution in [3.63, 3.8) is 0 Å². The summed E-state index contributed by atoms with van der Waals surface area (Å²) < 4.78 is 1.79. The lowest BCUT2D eigenvalue weighted by Crippen LogP contribution is -2.28. The molecule has 2 aromatic heterocycles. The molecule has 24 heavy (non-hydrogen) atoms. The summed E-state index contributed by atoms with van der Waals surface area (Å²) >= 11 is 5.75. The second-order valence-electron chi connectivity index (χ2n) is 5.50. The Morgan fingerprint density at radius 1 is 1.29 bits per heavy atom. The van der Waals surface area contributed by atoms with E-state index in [0.29, 0.717) is 5.15 Å². The van der Waals surface area contributed by atoms with Gasteiger partial charge in [-0.25, -0.2) is 9.67 Å². The van der Waals surface area contributed by atoms with Crippen LogP contribution >= 0.6 is 11.6 Å². The average molecular weight is 341 g/mol. The molecule has 1 unspecified atom stereocenters. The number of pyridine rings is 1. The van der Waals surface area contributed by atoms with Crippen LogP contribution in [0, 0.1) is 0 Å². The predicted octanol–water partition coefficient (Wildman–Crippen LogP) is 3.34. The topological polar surface area (TPSA) is 59.8 Å². The van der Waals surface area contributed by atoms with E-state index in [1.807, 2.05) is 43.5 Å². The van der Waals surface area contributed by atoms with Crippen molar-refractivity contribution in [2.75, 3.05) is 0 Å². The summed E-state index contributed by atoms with van der Waals surface area (Å²) in [5, 5.41) is 7.64. The van der Waals surface area contributed by atoms with Gasteiger partial charge in [0.15, 0.2) is 0 Å². The molecule has 0 saturated heterocycles. The van der Waals surface area contributed by atoms with E-state index in [9.17, 15) is 4.79 Å².